The third kappa shape index (κ3) is 4.97. The first-order valence-corrected chi connectivity index (χ1v) is 8.56. The largest absolute Gasteiger partial charge is 0.355 e. The van der Waals surface area contributed by atoms with Crippen LogP contribution in [0.1, 0.15) is 17.9 Å². The molecule has 0 bridgehead atoms. The van der Waals surface area contributed by atoms with Gasteiger partial charge >= 0.3 is 0 Å². The summed E-state index contributed by atoms with van der Waals surface area (Å²) in [6.07, 6.45) is 0.900. The summed E-state index contributed by atoms with van der Waals surface area (Å²) in [6.45, 7) is 5.85. The molecule has 0 aromatic heterocycles. The summed E-state index contributed by atoms with van der Waals surface area (Å²) in [5.74, 6) is 0.528. The van der Waals surface area contributed by atoms with E-state index in [1.807, 2.05) is 12.1 Å². The van der Waals surface area contributed by atoms with Gasteiger partial charge in [-0.1, -0.05) is 29.3 Å². The zero-order valence-electron chi connectivity index (χ0n) is 12.9. The molecular formula is C16H22Cl3N3O. The number of carbonyl (C=O) groups is 1. The smallest absolute Gasteiger partial charge is 0.223 e. The number of benzene rings is 1. The summed E-state index contributed by atoms with van der Waals surface area (Å²) in [5, 5.41) is 7.50. The summed E-state index contributed by atoms with van der Waals surface area (Å²) >= 11 is 12.0. The summed E-state index contributed by atoms with van der Waals surface area (Å²) < 4.78 is 0. The van der Waals surface area contributed by atoms with Crippen LogP contribution in [0.3, 0.4) is 0 Å². The number of rotatable bonds is 5. The van der Waals surface area contributed by atoms with Crippen molar-refractivity contribution in [3.05, 3.63) is 33.8 Å². The Bertz CT molecular complexity index is 549. The molecule has 2 unspecified atom stereocenters. The highest BCUT2D eigenvalue weighted by Gasteiger charge is 2.43. The van der Waals surface area contributed by atoms with Crippen molar-refractivity contribution < 1.29 is 4.79 Å². The van der Waals surface area contributed by atoms with Crippen LogP contribution in [0.25, 0.3) is 0 Å². The van der Waals surface area contributed by atoms with Gasteiger partial charge in [0, 0.05) is 45.2 Å². The standard InChI is InChI=1S/C16H21Cl2N3O.ClH/c17-14-2-1-11(9-15(14)18)12-10-13(12)16(22)20-5-8-21-6-3-19-4-7-21;/h1-2,9,12-13,19H,3-8,10H2,(H,20,22);1H. The molecule has 2 atom stereocenters. The monoisotopic (exact) mass is 377 g/mol. The van der Waals surface area contributed by atoms with Crippen molar-refractivity contribution in [2.24, 2.45) is 5.92 Å². The molecule has 0 spiro atoms. The molecule has 1 aliphatic heterocycles. The molecular weight excluding hydrogens is 357 g/mol. The Kier molecular flexibility index (Phi) is 6.99. The quantitative estimate of drug-likeness (QED) is 0.827. The molecule has 128 valence electrons. The fourth-order valence-corrected chi connectivity index (χ4v) is 3.31. The molecule has 1 aromatic carbocycles. The van der Waals surface area contributed by atoms with Gasteiger partial charge in [0.25, 0.3) is 0 Å². The predicted octanol–water partition coefficient (Wildman–Crippen LogP) is 2.54. The molecule has 1 saturated carbocycles. The first-order valence-electron chi connectivity index (χ1n) is 7.81. The van der Waals surface area contributed by atoms with Crippen LogP contribution in [-0.4, -0.2) is 50.1 Å². The summed E-state index contributed by atoms with van der Waals surface area (Å²) in [4.78, 5) is 14.6. The van der Waals surface area contributed by atoms with Crippen LogP contribution in [0, 0.1) is 5.92 Å². The second-order valence-electron chi connectivity index (χ2n) is 6.00. The zero-order valence-corrected chi connectivity index (χ0v) is 15.2. The van der Waals surface area contributed by atoms with Gasteiger partial charge in [0.1, 0.15) is 0 Å². The average Bonchev–Trinajstić information content (AvgIpc) is 3.32. The normalized spacial score (nSPS) is 23.9. The van der Waals surface area contributed by atoms with Gasteiger partial charge in [0.15, 0.2) is 0 Å². The van der Waals surface area contributed by atoms with E-state index in [0.717, 1.165) is 51.3 Å². The molecule has 4 nitrogen and oxygen atoms in total. The number of amides is 1. The van der Waals surface area contributed by atoms with E-state index in [2.05, 4.69) is 15.5 Å². The molecule has 2 aliphatic rings. The van der Waals surface area contributed by atoms with Crippen molar-refractivity contribution in [1.29, 1.82) is 0 Å². The maximum absolute atomic E-state index is 12.2. The first kappa shape index (κ1) is 18.8. The van der Waals surface area contributed by atoms with Crippen molar-refractivity contribution in [3.63, 3.8) is 0 Å². The lowest BCUT2D eigenvalue weighted by Gasteiger charge is -2.27. The van der Waals surface area contributed by atoms with Crippen LogP contribution < -0.4 is 10.6 Å². The van der Waals surface area contributed by atoms with E-state index in [4.69, 9.17) is 23.2 Å². The van der Waals surface area contributed by atoms with Gasteiger partial charge in [-0.05, 0) is 30.0 Å². The van der Waals surface area contributed by atoms with E-state index < -0.39 is 0 Å². The molecule has 1 heterocycles. The Labute approximate surface area is 153 Å². The second-order valence-corrected chi connectivity index (χ2v) is 6.82. The summed E-state index contributed by atoms with van der Waals surface area (Å²) in [7, 11) is 0. The molecule has 2 N–H and O–H groups in total. The molecule has 1 saturated heterocycles. The second kappa shape index (κ2) is 8.54. The number of carbonyl (C=O) groups excluding carboxylic acids is 1. The maximum Gasteiger partial charge on any atom is 0.223 e. The van der Waals surface area contributed by atoms with Crippen molar-refractivity contribution in [1.82, 2.24) is 15.5 Å². The maximum atomic E-state index is 12.2. The number of nitrogens with one attached hydrogen (secondary N) is 2. The zero-order chi connectivity index (χ0) is 15.5. The minimum Gasteiger partial charge on any atom is -0.355 e. The van der Waals surface area contributed by atoms with Crippen LogP contribution in [-0.2, 0) is 4.79 Å². The SMILES string of the molecule is Cl.O=C(NCCN1CCNCC1)C1CC1c1ccc(Cl)c(Cl)c1. The highest BCUT2D eigenvalue weighted by atomic mass is 35.5. The molecule has 2 fully saturated rings. The van der Waals surface area contributed by atoms with E-state index in [1.165, 1.54) is 0 Å². The van der Waals surface area contributed by atoms with Crippen LogP contribution in [0.2, 0.25) is 10.0 Å². The van der Waals surface area contributed by atoms with E-state index in [-0.39, 0.29) is 30.2 Å². The highest BCUT2D eigenvalue weighted by molar-refractivity contribution is 6.42. The predicted molar refractivity (Wildman–Crippen MR) is 96.9 cm³/mol. The first-order chi connectivity index (χ1) is 10.6. The Morgan fingerprint density at radius 3 is 2.70 bits per heavy atom. The number of piperazine rings is 1. The molecule has 1 aromatic rings. The third-order valence-electron chi connectivity index (χ3n) is 4.44. The molecule has 0 radical (unpaired) electrons. The van der Waals surface area contributed by atoms with Crippen molar-refractivity contribution in [2.45, 2.75) is 12.3 Å². The van der Waals surface area contributed by atoms with E-state index in [9.17, 15) is 4.79 Å². The summed E-state index contributed by atoms with van der Waals surface area (Å²) in [5.41, 5.74) is 1.11. The Morgan fingerprint density at radius 2 is 2.00 bits per heavy atom. The highest BCUT2D eigenvalue weighted by Crippen LogP contribution is 2.48. The molecule has 7 heteroatoms. The van der Waals surface area contributed by atoms with Gasteiger partial charge in [0.05, 0.1) is 10.0 Å². The minimum atomic E-state index is 0. The molecule has 23 heavy (non-hydrogen) atoms. The fourth-order valence-electron chi connectivity index (χ4n) is 3.00. The Balaban J connectivity index is 0.00000192. The lowest BCUT2D eigenvalue weighted by molar-refractivity contribution is -0.122. The Morgan fingerprint density at radius 1 is 1.26 bits per heavy atom. The van der Waals surface area contributed by atoms with E-state index in [0.29, 0.717) is 10.0 Å². The van der Waals surface area contributed by atoms with Gasteiger partial charge < -0.3 is 10.6 Å². The van der Waals surface area contributed by atoms with Gasteiger partial charge in [-0.3, -0.25) is 9.69 Å². The van der Waals surface area contributed by atoms with Crippen molar-refractivity contribution in [2.75, 3.05) is 39.3 Å². The summed E-state index contributed by atoms with van der Waals surface area (Å²) in [6, 6.07) is 5.65. The third-order valence-corrected chi connectivity index (χ3v) is 5.17. The van der Waals surface area contributed by atoms with E-state index in [1.54, 1.807) is 6.07 Å². The minimum absolute atomic E-state index is 0. The van der Waals surface area contributed by atoms with Gasteiger partial charge in [-0.25, -0.2) is 0 Å². The topological polar surface area (TPSA) is 44.4 Å². The van der Waals surface area contributed by atoms with Gasteiger partial charge in [0.2, 0.25) is 5.91 Å². The van der Waals surface area contributed by atoms with Crippen LogP contribution in [0.4, 0.5) is 0 Å². The Hall–Kier alpha value is -0.520. The average molecular weight is 379 g/mol. The lowest BCUT2D eigenvalue weighted by atomic mass is 10.1. The van der Waals surface area contributed by atoms with Crippen molar-refractivity contribution >= 4 is 41.5 Å². The van der Waals surface area contributed by atoms with Crippen molar-refractivity contribution in [3.8, 4) is 0 Å². The molecule has 1 amide bonds. The van der Waals surface area contributed by atoms with Gasteiger partial charge in [-0.2, -0.15) is 0 Å². The molecule has 3 rings (SSSR count). The lowest BCUT2D eigenvalue weighted by Crippen LogP contribution is -2.46. The number of hydrogen-bond acceptors (Lipinski definition) is 3. The van der Waals surface area contributed by atoms with Gasteiger partial charge in [-0.15, -0.1) is 12.4 Å². The fraction of sp³-hybridized carbons (Fsp3) is 0.562. The number of nitrogens with zero attached hydrogens (tertiary/aromatic N) is 1. The van der Waals surface area contributed by atoms with Crippen LogP contribution in [0.15, 0.2) is 18.2 Å². The molecule has 1 aliphatic carbocycles. The van der Waals surface area contributed by atoms with E-state index >= 15 is 0 Å². The number of hydrogen-bond donors (Lipinski definition) is 2. The van der Waals surface area contributed by atoms with Crippen LogP contribution in [0.5, 0.6) is 0 Å². The van der Waals surface area contributed by atoms with Crippen LogP contribution >= 0.6 is 35.6 Å². The number of halogens is 3.